The predicted octanol–water partition coefficient (Wildman–Crippen LogP) is 21.8. The highest BCUT2D eigenvalue weighted by Crippen LogP contribution is 2.38. The summed E-state index contributed by atoms with van der Waals surface area (Å²) in [6, 6.07) is 74.6. The van der Waals surface area contributed by atoms with E-state index in [1.165, 1.54) is 0 Å². The minimum absolute atomic E-state index is 0.0203. The third-order valence-corrected chi connectivity index (χ3v) is 23.6. The van der Waals surface area contributed by atoms with Crippen LogP contribution in [0.25, 0.3) is 44.7 Å². The zero-order chi connectivity index (χ0) is 93.6. The first kappa shape index (κ1) is 97.1. The van der Waals surface area contributed by atoms with Crippen molar-refractivity contribution < 1.29 is 82.1 Å². The minimum atomic E-state index is -0.762. The summed E-state index contributed by atoms with van der Waals surface area (Å²) in [4.78, 5) is 112. The van der Waals surface area contributed by atoms with Crippen molar-refractivity contribution in [3.63, 3.8) is 0 Å². The van der Waals surface area contributed by atoms with Crippen LogP contribution in [0.2, 0.25) is 0 Å². The first-order valence-electron chi connectivity index (χ1n) is 46.6. The molecule has 4 amide bonds. The zero-order valence-electron chi connectivity index (χ0n) is 75.6. The van der Waals surface area contributed by atoms with E-state index in [0.717, 1.165) is 193 Å². The Bertz CT molecular complexity index is 5360. The summed E-state index contributed by atoms with van der Waals surface area (Å²) in [6.45, 7) is 4.13. The Balaban J connectivity index is 0.000000152. The fraction of sp³-hybridized carbons (Fsp3) is 0.330. The Labute approximate surface area is 782 Å². The van der Waals surface area contributed by atoms with E-state index in [4.69, 9.17) is 43.8 Å². The lowest BCUT2D eigenvalue weighted by Gasteiger charge is -2.24. The quantitative estimate of drug-likeness (QED) is 0.0221. The summed E-state index contributed by atoms with van der Waals surface area (Å²) in [7, 11) is 0. The smallest absolute Gasteiger partial charge is 0.303 e. The monoisotopic (exact) mass is 1810 g/mol. The molecule has 8 aromatic carbocycles. The van der Waals surface area contributed by atoms with Gasteiger partial charge >= 0.3 is 23.9 Å². The van der Waals surface area contributed by atoms with Crippen LogP contribution in [-0.2, 0) is 45.4 Å². The molecule has 0 unspecified atom stereocenters. The number of nitrogens with one attached hydrogen (secondary N) is 1. The van der Waals surface area contributed by atoms with Crippen LogP contribution in [0.15, 0.2) is 278 Å². The van der Waals surface area contributed by atoms with Crippen molar-refractivity contribution in [1.82, 2.24) is 39.8 Å². The number of para-hydroxylation sites is 4. The molecule has 4 saturated carbocycles. The van der Waals surface area contributed by atoms with Gasteiger partial charge in [-0.2, -0.15) is 5.10 Å². The molecule has 0 saturated heterocycles. The molecule has 0 aliphatic heterocycles. The molecule has 0 bridgehead atoms. The van der Waals surface area contributed by atoms with E-state index >= 15 is 0 Å². The number of hydrogen-bond acceptors (Lipinski definition) is 16. The fourth-order valence-corrected chi connectivity index (χ4v) is 15.6. The normalized spacial score (nSPS) is 12.9. The molecule has 4 heterocycles. The van der Waals surface area contributed by atoms with Gasteiger partial charge in [0.1, 0.15) is 28.8 Å². The maximum atomic E-state index is 13.4. The lowest BCUT2D eigenvalue weighted by Crippen LogP contribution is -2.32. The van der Waals surface area contributed by atoms with Crippen molar-refractivity contribution in [2.24, 2.45) is 0 Å². The number of carboxylic acid groups (broad SMARTS) is 4. The van der Waals surface area contributed by atoms with Crippen molar-refractivity contribution in [2.45, 2.75) is 204 Å². The third kappa shape index (κ3) is 30.8. The topological polar surface area (TPSA) is 335 Å². The summed E-state index contributed by atoms with van der Waals surface area (Å²) in [5.41, 5.74) is 13.8. The molecule has 0 radical (unpaired) electrons. The molecule has 134 heavy (non-hydrogen) atoms. The van der Waals surface area contributed by atoms with Crippen LogP contribution >= 0.6 is 0 Å². The highest BCUT2D eigenvalue weighted by Gasteiger charge is 2.38. The number of aliphatic carboxylic acids is 4. The van der Waals surface area contributed by atoms with Crippen LogP contribution in [0.4, 0.5) is 0 Å². The van der Waals surface area contributed by atoms with Gasteiger partial charge < -0.3 is 63.4 Å². The largest absolute Gasteiger partial charge is 0.493 e. The fourth-order valence-electron chi connectivity index (χ4n) is 15.6. The summed E-state index contributed by atoms with van der Waals surface area (Å²) in [5, 5.41) is 41.7. The molecule has 12 aromatic rings. The number of amides is 4. The van der Waals surface area contributed by atoms with Crippen molar-refractivity contribution in [3.8, 4) is 67.7 Å². The minimum Gasteiger partial charge on any atom is -0.493 e. The molecule has 4 aliphatic carbocycles. The highest BCUT2D eigenvalue weighted by atomic mass is 16.5. The molecule has 25 heteroatoms. The number of aromatic nitrogens is 4. The number of carbonyl (C=O) groups is 8. The standard InChI is InChI=1S/2C28H30N2O4.C27H29NO5.C26H29N3O4/c31-27(32)10-2-1-5-18-34-26-9-4-3-7-24(26)20-30(25-15-16-25)28(33)22-13-11-21(12-14-22)23-8-6-17-29-19-23;31-27(32)8-2-1-5-19-34-26-7-4-3-6-24(26)20-30(25-13-14-25)28(33)23-11-9-21(10-12-23)22-15-17-29-18-16-22;29-26(30)10-2-1-5-17-32-25-8-4-3-7-22(25)19-28(23-15-16-23)27(31)21-13-11-20(12-14-21)24-9-6-18-33-24;30-25(31)8-2-1-5-15-33-24-7-4-3-6-21(24)18-29(23-13-14-23)26(32)20-11-9-19(10-12-20)22-16-27-28-17-22/h3-4,6-9,11-14,17,19,25H,1-2,5,10,15-16,18,20H2,(H,31,32);3-4,6-7,9-12,15-18,25H,1-2,5,8,13-14,19-20H2,(H,31,32);3-4,6-9,11-14,18,23H,1-2,5,10,15-17,19H2,(H,29,30);3-4,6-7,9-12,16-17,23H,1-2,5,8,13-15,18H2,(H,27,28)(H,30,31). The Morgan fingerprint density at radius 3 is 0.888 bits per heavy atom. The molecule has 25 nitrogen and oxygen atoms in total. The van der Waals surface area contributed by atoms with Gasteiger partial charge in [0.15, 0.2) is 0 Å². The number of H-pyrrole nitrogens is 1. The second-order valence-corrected chi connectivity index (χ2v) is 34.1. The second-order valence-electron chi connectivity index (χ2n) is 34.1. The van der Waals surface area contributed by atoms with Gasteiger partial charge in [-0.3, -0.25) is 53.4 Å². The van der Waals surface area contributed by atoms with Crippen LogP contribution in [-0.4, -0.2) is 158 Å². The van der Waals surface area contributed by atoms with E-state index in [0.29, 0.717) is 101 Å². The lowest BCUT2D eigenvalue weighted by molar-refractivity contribution is -0.138. The lowest BCUT2D eigenvalue weighted by atomic mass is 10.0. The number of pyridine rings is 2. The number of furan rings is 1. The first-order valence-corrected chi connectivity index (χ1v) is 46.6. The highest BCUT2D eigenvalue weighted by molar-refractivity contribution is 5.97. The van der Waals surface area contributed by atoms with E-state index in [-0.39, 0.29) is 73.5 Å². The number of benzene rings is 8. The average Bonchev–Trinajstić information content (AvgIpc) is 1.64. The number of ether oxygens (including phenoxy) is 4. The third-order valence-electron chi connectivity index (χ3n) is 23.6. The maximum Gasteiger partial charge on any atom is 0.303 e. The number of carboxylic acids is 4. The van der Waals surface area contributed by atoms with Gasteiger partial charge in [0.25, 0.3) is 23.6 Å². The van der Waals surface area contributed by atoms with Gasteiger partial charge in [-0.05, 0) is 259 Å². The molecule has 4 aliphatic rings. The summed E-state index contributed by atoms with van der Waals surface area (Å²) >= 11 is 0. The van der Waals surface area contributed by atoms with Crippen molar-refractivity contribution in [2.75, 3.05) is 26.4 Å². The molecular formula is C109H118N8O17. The van der Waals surface area contributed by atoms with Crippen LogP contribution < -0.4 is 18.9 Å². The number of nitrogens with zero attached hydrogens (tertiary/aromatic N) is 7. The van der Waals surface area contributed by atoms with E-state index in [1.807, 2.05) is 263 Å². The molecule has 0 atom stereocenters. The van der Waals surface area contributed by atoms with Crippen LogP contribution in [0.5, 0.6) is 23.0 Å². The molecule has 16 rings (SSSR count). The molecular weight excluding hydrogens is 1690 g/mol. The van der Waals surface area contributed by atoms with Crippen LogP contribution in [0, 0.1) is 0 Å². The Hall–Kier alpha value is -14.5. The van der Waals surface area contributed by atoms with E-state index < -0.39 is 23.9 Å². The number of rotatable bonds is 48. The van der Waals surface area contributed by atoms with Gasteiger partial charge in [0.05, 0.1) is 38.9 Å². The van der Waals surface area contributed by atoms with Gasteiger partial charge in [-0.25, -0.2) is 0 Å². The van der Waals surface area contributed by atoms with Gasteiger partial charge in [-0.1, -0.05) is 127 Å². The maximum absolute atomic E-state index is 13.4. The van der Waals surface area contributed by atoms with E-state index in [1.54, 1.807) is 31.1 Å². The molecule has 4 fully saturated rings. The van der Waals surface area contributed by atoms with E-state index in [2.05, 4.69) is 20.2 Å². The Kier molecular flexibility index (Phi) is 36.8. The molecule has 0 spiro atoms. The zero-order valence-corrected chi connectivity index (χ0v) is 75.6. The Morgan fingerprint density at radius 2 is 0.604 bits per heavy atom. The first-order chi connectivity index (χ1) is 65.5. The molecule has 5 N–H and O–H groups in total. The van der Waals surface area contributed by atoms with Crippen LogP contribution in [0.1, 0.15) is 218 Å². The van der Waals surface area contributed by atoms with Crippen molar-refractivity contribution in [1.29, 1.82) is 0 Å². The van der Waals surface area contributed by atoms with Crippen LogP contribution in [0.3, 0.4) is 0 Å². The van der Waals surface area contributed by atoms with Gasteiger partial charge in [0.2, 0.25) is 0 Å². The van der Waals surface area contributed by atoms with Crippen molar-refractivity contribution >= 4 is 47.5 Å². The number of unbranched alkanes of at least 4 members (excludes halogenated alkanes) is 8. The summed E-state index contributed by atoms with van der Waals surface area (Å²) in [6.07, 6.45) is 30.3. The summed E-state index contributed by atoms with van der Waals surface area (Å²) < 4.78 is 29.4. The average molecular weight is 1810 g/mol. The number of hydrogen-bond donors (Lipinski definition) is 5. The molecule has 4 aromatic heterocycles. The number of aromatic amines is 1. The van der Waals surface area contributed by atoms with E-state index in [9.17, 15) is 38.4 Å². The number of carbonyl (C=O) groups excluding carboxylic acids is 4. The predicted molar refractivity (Wildman–Crippen MR) is 511 cm³/mol. The van der Waals surface area contributed by atoms with Gasteiger partial charge in [-0.15, -0.1) is 0 Å². The second kappa shape index (κ2) is 50.8. The Morgan fingerprint density at radius 1 is 0.299 bits per heavy atom. The molecule has 696 valence electrons. The summed E-state index contributed by atoms with van der Waals surface area (Å²) in [5.74, 6) is 0.977. The van der Waals surface area contributed by atoms with Crippen molar-refractivity contribution in [3.05, 3.63) is 318 Å². The SMILES string of the molecule is O=C(O)CCCCCOc1ccccc1CN(C(=O)c1ccc(-c2cccnc2)cc1)C1CC1.O=C(O)CCCCCOc1ccccc1CN(C(=O)c1ccc(-c2ccco2)cc1)C1CC1.O=C(O)CCCCCOc1ccccc1CN(C(=O)c1ccc(-c2ccncc2)cc1)C1CC1.O=C(O)CCCCCOc1ccccc1CN(C(=O)c1ccc(-c2cn[nH]c2)cc1)C1CC1. The van der Waals surface area contributed by atoms with Gasteiger partial charge in [0, 0.05) is 163 Å².